The Morgan fingerprint density at radius 2 is 2.20 bits per heavy atom. The molecule has 2 aliphatic heterocycles. The molecule has 0 radical (unpaired) electrons. The molecule has 5 unspecified atom stereocenters. The molecule has 0 aromatic carbocycles. The number of nitrogens with one attached hydrogen (secondary N) is 1. The van der Waals surface area contributed by atoms with Crippen molar-refractivity contribution < 1.29 is 4.74 Å². The summed E-state index contributed by atoms with van der Waals surface area (Å²) in [5.74, 6) is 5.28. The van der Waals surface area contributed by atoms with Crippen LogP contribution < -0.4 is 5.32 Å². The molecule has 1 aliphatic carbocycles. The molecule has 0 aromatic heterocycles. The summed E-state index contributed by atoms with van der Waals surface area (Å²) in [6.07, 6.45) is 8.04. The van der Waals surface area contributed by atoms with E-state index in [2.05, 4.69) is 30.9 Å². The largest absolute Gasteiger partial charge is 0.374 e. The Balaban J connectivity index is 1.58. The van der Waals surface area contributed by atoms with E-state index in [4.69, 9.17) is 4.74 Å². The van der Waals surface area contributed by atoms with Crippen molar-refractivity contribution in [2.24, 2.45) is 17.8 Å². The summed E-state index contributed by atoms with van der Waals surface area (Å²) in [6, 6.07) is 0.775. The molecule has 0 amide bonds. The molecule has 3 fully saturated rings. The maximum Gasteiger partial charge on any atom is 0.0783 e. The molecule has 20 heavy (non-hydrogen) atoms. The van der Waals surface area contributed by atoms with Crippen molar-refractivity contribution in [2.45, 2.75) is 64.0 Å². The molecule has 2 heterocycles. The van der Waals surface area contributed by atoms with Gasteiger partial charge in [-0.1, -0.05) is 13.8 Å². The fourth-order valence-electron chi connectivity index (χ4n) is 4.77. The third-order valence-corrected chi connectivity index (χ3v) is 7.20. The lowest BCUT2D eigenvalue weighted by molar-refractivity contribution is -0.0917. The second kappa shape index (κ2) is 6.58. The first-order valence-corrected chi connectivity index (χ1v) is 9.85. The number of hydrogen-bond acceptors (Lipinski definition) is 3. The normalized spacial score (nSPS) is 45.3. The minimum absolute atomic E-state index is 0.266. The molecular formula is C17H31NOS. The van der Waals surface area contributed by atoms with Crippen molar-refractivity contribution in [3.05, 3.63) is 0 Å². The molecule has 5 atom stereocenters. The molecular weight excluding hydrogens is 266 g/mol. The van der Waals surface area contributed by atoms with Crippen molar-refractivity contribution in [2.75, 3.05) is 24.7 Å². The van der Waals surface area contributed by atoms with Gasteiger partial charge in [-0.2, -0.15) is 11.8 Å². The van der Waals surface area contributed by atoms with Crippen LogP contribution in [0.15, 0.2) is 0 Å². The van der Waals surface area contributed by atoms with Crippen molar-refractivity contribution in [1.82, 2.24) is 5.32 Å². The fraction of sp³-hybridized carbons (Fsp3) is 1.00. The van der Waals surface area contributed by atoms with Gasteiger partial charge in [0.05, 0.1) is 5.60 Å². The number of hydrogen-bond donors (Lipinski definition) is 1. The maximum atomic E-state index is 6.21. The molecule has 3 rings (SSSR count). The van der Waals surface area contributed by atoms with Gasteiger partial charge in [0.25, 0.3) is 0 Å². The van der Waals surface area contributed by atoms with Crippen LogP contribution in [-0.4, -0.2) is 36.3 Å². The second-order valence-electron chi connectivity index (χ2n) is 7.25. The highest BCUT2D eigenvalue weighted by molar-refractivity contribution is 7.99. The summed E-state index contributed by atoms with van der Waals surface area (Å²) < 4.78 is 6.21. The minimum atomic E-state index is 0.266. The summed E-state index contributed by atoms with van der Waals surface area (Å²) in [7, 11) is 0. The van der Waals surface area contributed by atoms with Crippen LogP contribution in [0.4, 0.5) is 0 Å². The van der Waals surface area contributed by atoms with Gasteiger partial charge in [-0.15, -0.1) is 0 Å². The van der Waals surface area contributed by atoms with Gasteiger partial charge in [0.2, 0.25) is 0 Å². The van der Waals surface area contributed by atoms with E-state index in [-0.39, 0.29) is 5.60 Å². The van der Waals surface area contributed by atoms with Crippen LogP contribution in [0.2, 0.25) is 0 Å². The third kappa shape index (κ3) is 3.05. The Labute approximate surface area is 128 Å². The Bertz CT molecular complexity index is 316. The number of ether oxygens (including phenoxy) is 1. The molecule has 2 saturated heterocycles. The van der Waals surface area contributed by atoms with Gasteiger partial charge < -0.3 is 10.1 Å². The Kier molecular flexibility index (Phi) is 4.99. The number of thioether (sulfide) groups is 1. The predicted molar refractivity (Wildman–Crippen MR) is 87.3 cm³/mol. The average molecular weight is 298 g/mol. The molecule has 2 nitrogen and oxygen atoms in total. The SMILES string of the molecule is CCCNC1CCC(C2CCOC3(CCSC3)C2)C1C. The Hall–Kier alpha value is 0.270. The van der Waals surface area contributed by atoms with Gasteiger partial charge in [0.1, 0.15) is 0 Å². The highest BCUT2D eigenvalue weighted by Crippen LogP contribution is 2.47. The maximum absolute atomic E-state index is 6.21. The monoisotopic (exact) mass is 297 g/mol. The molecule has 0 aromatic rings. The molecule has 1 N–H and O–H groups in total. The Morgan fingerprint density at radius 3 is 2.95 bits per heavy atom. The average Bonchev–Trinajstić information content (AvgIpc) is 3.04. The van der Waals surface area contributed by atoms with Crippen molar-refractivity contribution >= 4 is 11.8 Å². The lowest BCUT2D eigenvalue weighted by Crippen LogP contribution is -2.43. The van der Waals surface area contributed by atoms with Gasteiger partial charge in [-0.25, -0.2) is 0 Å². The highest BCUT2D eigenvalue weighted by atomic mass is 32.2. The van der Waals surface area contributed by atoms with Gasteiger partial charge in [-0.3, -0.25) is 0 Å². The van der Waals surface area contributed by atoms with Crippen LogP contribution >= 0.6 is 11.8 Å². The highest BCUT2D eigenvalue weighted by Gasteiger charge is 2.45. The zero-order valence-electron chi connectivity index (χ0n) is 13.2. The van der Waals surface area contributed by atoms with E-state index in [0.717, 1.165) is 30.4 Å². The lowest BCUT2D eigenvalue weighted by Gasteiger charge is -2.41. The molecule has 3 aliphatic rings. The predicted octanol–water partition coefficient (Wildman–Crippen LogP) is 3.70. The fourth-order valence-corrected chi connectivity index (χ4v) is 6.15. The lowest BCUT2D eigenvalue weighted by atomic mass is 9.74. The van der Waals surface area contributed by atoms with Crippen LogP contribution in [0.5, 0.6) is 0 Å². The summed E-state index contributed by atoms with van der Waals surface area (Å²) in [5.41, 5.74) is 0.266. The third-order valence-electron chi connectivity index (χ3n) is 5.98. The standard InChI is InChI=1S/C17H31NOS/c1-3-8-18-16-5-4-15(13(16)2)14-6-9-19-17(11-14)7-10-20-12-17/h13-16,18H,3-12H2,1-2H3. The van der Waals surface area contributed by atoms with Crippen LogP contribution in [0.3, 0.4) is 0 Å². The van der Waals surface area contributed by atoms with E-state index in [0.29, 0.717) is 0 Å². The topological polar surface area (TPSA) is 21.3 Å². The van der Waals surface area contributed by atoms with E-state index in [1.807, 2.05) is 0 Å². The van der Waals surface area contributed by atoms with E-state index in [9.17, 15) is 0 Å². The molecule has 1 spiro atoms. The smallest absolute Gasteiger partial charge is 0.0783 e. The van der Waals surface area contributed by atoms with Gasteiger partial charge in [0, 0.05) is 18.4 Å². The quantitative estimate of drug-likeness (QED) is 0.855. The minimum Gasteiger partial charge on any atom is -0.374 e. The first-order valence-electron chi connectivity index (χ1n) is 8.69. The molecule has 1 saturated carbocycles. The van der Waals surface area contributed by atoms with Crippen LogP contribution in [-0.2, 0) is 4.74 Å². The number of rotatable bonds is 4. The van der Waals surface area contributed by atoms with Crippen LogP contribution in [0.1, 0.15) is 52.4 Å². The van der Waals surface area contributed by atoms with E-state index < -0.39 is 0 Å². The first kappa shape index (κ1) is 15.2. The van der Waals surface area contributed by atoms with Crippen molar-refractivity contribution in [1.29, 1.82) is 0 Å². The van der Waals surface area contributed by atoms with E-state index in [1.54, 1.807) is 0 Å². The van der Waals surface area contributed by atoms with E-state index in [1.165, 1.54) is 56.6 Å². The molecule has 116 valence electrons. The van der Waals surface area contributed by atoms with Gasteiger partial charge in [0.15, 0.2) is 0 Å². The molecule has 0 bridgehead atoms. The summed E-state index contributed by atoms with van der Waals surface area (Å²) >= 11 is 2.10. The summed E-state index contributed by atoms with van der Waals surface area (Å²) in [5, 5.41) is 3.78. The zero-order chi connectivity index (χ0) is 14.0. The van der Waals surface area contributed by atoms with E-state index >= 15 is 0 Å². The first-order chi connectivity index (χ1) is 9.74. The van der Waals surface area contributed by atoms with Gasteiger partial charge in [-0.05, 0) is 68.6 Å². The summed E-state index contributed by atoms with van der Waals surface area (Å²) in [6.45, 7) is 6.97. The van der Waals surface area contributed by atoms with Gasteiger partial charge >= 0.3 is 0 Å². The van der Waals surface area contributed by atoms with Crippen LogP contribution in [0, 0.1) is 17.8 Å². The summed E-state index contributed by atoms with van der Waals surface area (Å²) in [4.78, 5) is 0. The van der Waals surface area contributed by atoms with Crippen molar-refractivity contribution in [3.8, 4) is 0 Å². The van der Waals surface area contributed by atoms with Crippen molar-refractivity contribution in [3.63, 3.8) is 0 Å². The second-order valence-corrected chi connectivity index (χ2v) is 8.35. The Morgan fingerprint density at radius 1 is 1.30 bits per heavy atom. The van der Waals surface area contributed by atoms with Crippen LogP contribution in [0.25, 0.3) is 0 Å². The zero-order valence-corrected chi connectivity index (χ0v) is 14.0. The molecule has 3 heteroatoms.